The summed E-state index contributed by atoms with van der Waals surface area (Å²) in [7, 11) is 1.46. The Morgan fingerprint density at radius 3 is 2.89 bits per heavy atom. The SMILES string of the molecule is CCn1cc(SNc2cc(C)cc(F)c2OC)cn1. The van der Waals surface area contributed by atoms with Gasteiger partial charge in [0, 0.05) is 12.7 Å². The molecule has 0 radical (unpaired) electrons. The molecule has 2 rings (SSSR count). The molecule has 0 fully saturated rings. The highest BCUT2D eigenvalue weighted by Crippen LogP contribution is 2.32. The first-order valence-corrected chi connectivity index (χ1v) is 6.75. The Hall–Kier alpha value is -1.69. The smallest absolute Gasteiger partial charge is 0.178 e. The van der Waals surface area contributed by atoms with Crippen molar-refractivity contribution in [2.75, 3.05) is 11.8 Å². The van der Waals surface area contributed by atoms with E-state index in [9.17, 15) is 4.39 Å². The second-order valence-electron chi connectivity index (χ2n) is 4.06. The largest absolute Gasteiger partial charge is 0.492 e. The van der Waals surface area contributed by atoms with E-state index >= 15 is 0 Å². The number of nitrogens with zero attached hydrogens (tertiary/aromatic N) is 2. The number of methoxy groups -OCH3 is 1. The molecule has 0 aliphatic heterocycles. The van der Waals surface area contributed by atoms with Crippen LogP contribution in [-0.4, -0.2) is 16.9 Å². The number of rotatable bonds is 5. The maximum atomic E-state index is 13.7. The molecule has 6 heteroatoms. The van der Waals surface area contributed by atoms with Crippen LogP contribution < -0.4 is 9.46 Å². The summed E-state index contributed by atoms with van der Waals surface area (Å²) in [6, 6.07) is 3.29. The van der Waals surface area contributed by atoms with Gasteiger partial charge in [-0.2, -0.15) is 5.10 Å². The number of hydrogen-bond donors (Lipinski definition) is 1. The highest BCUT2D eigenvalue weighted by molar-refractivity contribution is 8.00. The van der Waals surface area contributed by atoms with E-state index in [-0.39, 0.29) is 11.6 Å². The highest BCUT2D eigenvalue weighted by atomic mass is 32.2. The normalized spacial score (nSPS) is 10.5. The van der Waals surface area contributed by atoms with Gasteiger partial charge in [0.05, 0.1) is 23.9 Å². The number of ether oxygens (including phenoxy) is 1. The predicted octanol–water partition coefficient (Wildman–Crippen LogP) is 3.48. The number of aryl methyl sites for hydroxylation is 2. The van der Waals surface area contributed by atoms with Crippen molar-refractivity contribution in [3.8, 4) is 5.75 Å². The molecule has 1 N–H and O–H groups in total. The van der Waals surface area contributed by atoms with Crippen molar-refractivity contribution < 1.29 is 9.13 Å². The van der Waals surface area contributed by atoms with E-state index in [0.717, 1.165) is 17.0 Å². The van der Waals surface area contributed by atoms with Crippen LogP contribution in [0.3, 0.4) is 0 Å². The summed E-state index contributed by atoms with van der Waals surface area (Å²) in [6.07, 6.45) is 3.69. The fourth-order valence-corrected chi connectivity index (χ4v) is 2.35. The molecule has 19 heavy (non-hydrogen) atoms. The first-order valence-electron chi connectivity index (χ1n) is 5.93. The summed E-state index contributed by atoms with van der Waals surface area (Å²) in [6.45, 7) is 4.68. The lowest BCUT2D eigenvalue weighted by atomic mass is 10.2. The molecule has 2 aromatic rings. The van der Waals surface area contributed by atoms with Gasteiger partial charge in [0.25, 0.3) is 0 Å². The fourth-order valence-electron chi connectivity index (χ4n) is 1.70. The molecule has 4 nitrogen and oxygen atoms in total. The maximum absolute atomic E-state index is 13.7. The molecule has 102 valence electrons. The molecule has 0 aliphatic rings. The number of benzene rings is 1. The summed E-state index contributed by atoms with van der Waals surface area (Å²) in [4.78, 5) is 0.964. The van der Waals surface area contributed by atoms with E-state index in [0.29, 0.717) is 5.69 Å². The van der Waals surface area contributed by atoms with Crippen LogP contribution in [0.25, 0.3) is 0 Å². The lowest BCUT2D eigenvalue weighted by molar-refractivity contribution is 0.388. The van der Waals surface area contributed by atoms with Gasteiger partial charge in [-0.3, -0.25) is 4.68 Å². The van der Waals surface area contributed by atoms with Crippen molar-refractivity contribution in [2.24, 2.45) is 0 Å². The molecule has 1 aromatic heterocycles. The summed E-state index contributed by atoms with van der Waals surface area (Å²) >= 11 is 1.38. The molecule has 0 saturated carbocycles. The second kappa shape index (κ2) is 5.97. The van der Waals surface area contributed by atoms with E-state index in [1.807, 2.05) is 30.8 Å². The Bertz CT molecular complexity index is 571. The van der Waals surface area contributed by atoms with Gasteiger partial charge in [0.15, 0.2) is 11.6 Å². The Kier molecular flexibility index (Phi) is 4.31. The van der Waals surface area contributed by atoms with Gasteiger partial charge in [-0.1, -0.05) is 0 Å². The van der Waals surface area contributed by atoms with Crippen molar-refractivity contribution in [3.05, 3.63) is 35.9 Å². The van der Waals surface area contributed by atoms with Crippen LogP contribution in [0, 0.1) is 12.7 Å². The zero-order valence-electron chi connectivity index (χ0n) is 11.1. The van der Waals surface area contributed by atoms with E-state index < -0.39 is 0 Å². The molecular formula is C13H16FN3OS. The molecule has 0 aliphatic carbocycles. The monoisotopic (exact) mass is 281 g/mol. The van der Waals surface area contributed by atoms with Crippen molar-refractivity contribution in [2.45, 2.75) is 25.3 Å². The number of hydrogen-bond acceptors (Lipinski definition) is 4. The first-order chi connectivity index (χ1) is 9.13. The van der Waals surface area contributed by atoms with E-state index in [4.69, 9.17) is 4.74 Å². The molecule has 0 atom stereocenters. The Morgan fingerprint density at radius 1 is 1.47 bits per heavy atom. The van der Waals surface area contributed by atoms with Crippen LogP contribution in [0.4, 0.5) is 10.1 Å². The first kappa shape index (κ1) is 13.7. The third kappa shape index (κ3) is 3.20. The topological polar surface area (TPSA) is 39.1 Å². The predicted molar refractivity (Wildman–Crippen MR) is 75.1 cm³/mol. The van der Waals surface area contributed by atoms with Crippen molar-refractivity contribution in [1.82, 2.24) is 9.78 Å². The number of nitrogens with one attached hydrogen (secondary N) is 1. The number of halogens is 1. The minimum absolute atomic E-state index is 0.223. The molecule has 0 unspecified atom stereocenters. The summed E-state index contributed by atoms with van der Waals surface area (Å²) in [5.41, 5.74) is 1.46. The van der Waals surface area contributed by atoms with Crippen LogP contribution in [0.1, 0.15) is 12.5 Å². The summed E-state index contributed by atoms with van der Waals surface area (Å²) < 4.78 is 23.7. The van der Waals surface area contributed by atoms with E-state index in [1.165, 1.54) is 25.1 Å². The molecule has 0 spiro atoms. The van der Waals surface area contributed by atoms with Gasteiger partial charge in [-0.15, -0.1) is 0 Å². The average Bonchev–Trinajstić information content (AvgIpc) is 2.83. The third-order valence-corrected chi connectivity index (χ3v) is 3.37. The molecular weight excluding hydrogens is 265 g/mol. The van der Waals surface area contributed by atoms with Gasteiger partial charge >= 0.3 is 0 Å². The van der Waals surface area contributed by atoms with E-state index in [1.54, 1.807) is 6.20 Å². The third-order valence-electron chi connectivity index (χ3n) is 2.60. The Balaban J connectivity index is 2.14. The van der Waals surface area contributed by atoms with Crippen LogP contribution >= 0.6 is 11.9 Å². The molecule has 1 heterocycles. The zero-order chi connectivity index (χ0) is 13.8. The van der Waals surface area contributed by atoms with Crippen molar-refractivity contribution >= 4 is 17.6 Å². The standard InChI is InChI=1S/C13H16FN3OS/c1-4-17-8-10(7-15-17)19-16-12-6-9(2)5-11(14)13(12)18-3/h5-8,16H,4H2,1-3H3. The molecule has 1 aromatic carbocycles. The Labute approximate surface area is 116 Å². The fraction of sp³-hybridized carbons (Fsp3) is 0.308. The van der Waals surface area contributed by atoms with Gasteiger partial charge in [-0.05, 0) is 43.5 Å². The summed E-state index contributed by atoms with van der Waals surface area (Å²) in [5.74, 6) is -0.143. The Morgan fingerprint density at radius 2 is 2.26 bits per heavy atom. The molecule has 0 amide bonds. The van der Waals surface area contributed by atoms with Crippen LogP contribution in [0.2, 0.25) is 0 Å². The number of anilines is 1. The van der Waals surface area contributed by atoms with E-state index in [2.05, 4.69) is 9.82 Å². The second-order valence-corrected chi connectivity index (χ2v) is 4.94. The lowest BCUT2D eigenvalue weighted by Gasteiger charge is -2.11. The van der Waals surface area contributed by atoms with Crippen LogP contribution in [0.5, 0.6) is 5.75 Å². The minimum Gasteiger partial charge on any atom is -0.492 e. The minimum atomic E-state index is -0.366. The number of aromatic nitrogens is 2. The van der Waals surface area contributed by atoms with Crippen LogP contribution in [-0.2, 0) is 6.54 Å². The zero-order valence-corrected chi connectivity index (χ0v) is 11.9. The van der Waals surface area contributed by atoms with Crippen molar-refractivity contribution in [3.63, 3.8) is 0 Å². The van der Waals surface area contributed by atoms with Gasteiger partial charge < -0.3 is 9.46 Å². The lowest BCUT2D eigenvalue weighted by Crippen LogP contribution is -1.96. The van der Waals surface area contributed by atoms with Gasteiger partial charge in [-0.25, -0.2) is 4.39 Å². The van der Waals surface area contributed by atoms with Crippen molar-refractivity contribution in [1.29, 1.82) is 0 Å². The molecule has 0 bridgehead atoms. The highest BCUT2D eigenvalue weighted by Gasteiger charge is 2.11. The van der Waals surface area contributed by atoms with Crippen LogP contribution in [0.15, 0.2) is 29.4 Å². The van der Waals surface area contributed by atoms with Gasteiger partial charge in [0.1, 0.15) is 0 Å². The summed E-state index contributed by atoms with van der Waals surface area (Å²) in [5, 5.41) is 4.18. The van der Waals surface area contributed by atoms with Gasteiger partial charge in [0.2, 0.25) is 0 Å². The molecule has 0 saturated heterocycles. The average molecular weight is 281 g/mol. The maximum Gasteiger partial charge on any atom is 0.178 e. The quantitative estimate of drug-likeness (QED) is 0.852.